The number of carbonyl (C=O) groups is 1. The first-order valence-electron chi connectivity index (χ1n) is 8.43. The first-order valence-corrected chi connectivity index (χ1v) is 8.43. The second-order valence-electron chi connectivity index (χ2n) is 5.95. The van der Waals surface area contributed by atoms with E-state index in [-0.39, 0.29) is 11.7 Å². The Labute approximate surface area is 152 Å². The summed E-state index contributed by atoms with van der Waals surface area (Å²) in [5.74, 6) is 0.701. The van der Waals surface area contributed by atoms with Crippen molar-refractivity contribution in [1.82, 2.24) is 4.98 Å². The van der Waals surface area contributed by atoms with Gasteiger partial charge in [0.1, 0.15) is 11.6 Å². The topological polar surface area (TPSA) is 77.2 Å². The minimum absolute atomic E-state index is 0.225. The van der Waals surface area contributed by atoms with Crippen LogP contribution in [0.2, 0.25) is 0 Å². The highest BCUT2D eigenvalue weighted by Crippen LogP contribution is 2.18. The van der Waals surface area contributed by atoms with Gasteiger partial charge in [-0.25, -0.2) is 4.98 Å². The van der Waals surface area contributed by atoms with Gasteiger partial charge >= 0.3 is 0 Å². The summed E-state index contributed by atoms with van der Waals surface area (Å²) in [7, 11) is 0. The molecule has 0 aliphatic carbocycles. The van der Waals surface area contributed by atoms with Crippen LogP contribution >= 0.6 is 0 Å². The minimum Gasteiger partial charge on any atom is -0.493 e. The number of pyridine rings is 1. The number of nitrogens with zero attached hydrogens (tertiary/aromatic N) is 1. The maximum Gasteiger partial charge on any atom is 0.259 e. The third-order valence-corrected chi connectivity index (χ3v) is 3.92. The van der Waals surface area contributed by atoms with Crippen molar-refractivity contribution in [3.63, 3.8) is 0 Å². The van der Waals surface area contributed by atoms with E-state index in [1.165, 1.54) is 5.56 Å². The lowest BCUT2D eigenvalue weighted by Gasteiger charge is -2.09. The Bertz CT molecular complexity index is 878. The van der Waals surface area contributed by atoms with Crippen LogP contribution in [-0.2, 0) is 6.42 Å². The number of nitrogens with two attached hydrogens (primary N) is 1. The Morgan fingerprint density at radius 3 is 2.46 bits per heavy atom. The standard InChI is InChI=1S/C21H21N3O2/c1-15-7-12-19(20(22)23-15)21(25)24-17-8-10-18(11-9-17)26-14-13-16-5-3-2-4-6-16/h2-12H,13-14H2,1H3,(H2,22,23)(H,24,25). The molecule has 0 bridgehead atoms. The number of benzene rings is 2. The predicted molar refractivity (Wildman–Crippen MR) is 103 cm³/mol. The summed E-state index contributed by atoms with van der Waals surface area (Å²) in [6.45, 7) is 2.43. The Morgan fingerprint density at radius 1 is 1.04 bits per heavy atom. The number of rotatable bonds is 6. The molecule has 0 radical (unpaired) electrons. The van der Waals surface area contributed by atoms with Gasteiger partial charge in [0.2, 0.25) is 0 Å². The van der Waals surface area contributed by atoms with Crippen molar-refractivity contribution in [3.05, 3.63) is 83.6 Å². The summed E-state index contributed by atoms with van der Waals surface area (Å²) in [6.07, 6.45) is 0.846. The highest BCUT2D eigenvalue weighted by atomic mass is 16.5. The van der Waals surface area contributed by atoms with Gasteiger partial charge in [0.25, 0.3) is 5.91 Å². The molecule has 1 aromatic heterocycles. The summed E-state index contributed by atoms with van der Waals surface area (Å²) in [4.78, 5) is 16.4. The lowest BCUT2D eigenvalue weighted by Crippen LogP contribution is -2.15. The van der Waals surface area contributed by atoms with Crippen molar-refractivity contribution in [2.45, 2.75) is 13.3 Å². The SMILES string of the molecule is Cc1ccc(C(=O)Nc2ccc(OCCc3ccccc3)cc2)c(N)n1. The first kappa shape index (κ1) is 17.5. The lowest BCUT2D eigenvalue weighted by molar-refractivity contribution is 0.102. The van der Waals surface area contributed by atoms with E-state index < -0.39 is 0 Å². The molecule has 5 heteroatoms. The molecule has 0 unspecified atom stereocenters. The number of hydrogen-bond donors (Lipinski definition) is 2. The molecule has 26 heavy (non-hydrogen) atoms. The number of amides is 1. The highest BCUT2D eigenvalue weighted by Gasteiger charge is 2.11. The average Bonchev–Trinajstić information content (AvgIpc) is 2.64. The van der Waals surface area contributed by atoms with Crippen LogP contribution in [0.3, 0.4) is 0 Å². The predicted octanol–water partition coefficient (Wildman–Crippen LogP) is 3.85. The van der Waals surface area contributed by atoms with Crippen LogP contribution in [0.15, 0.2) is 66.7 Å². The quantitative estimate of drug-likeness (QED) is 0.710. The lowest BCUT2D eigenvalue weighted by atomic mass is 10.2. The van der Waals surface area contributed by atoms with Gasteiger partial charge in [-0.1, -0.05) is 30.3 Å². The van der Waals surface area contributed by atoms with Gasteiger partial charge in [-0.05, 0) is 48.9 Å². The number of aromatic nitrogens is 1. The molecule has 3 aromatic rings. The molecule has 1 heterocycles. The van der Waals surface area contributed by atoms with Crippen molar-refractivity contribution in [1.29, 1.82) is 0 Å². The van der Waals surface area contributed by atoms with E-state index in [1.807, 2.05) is 37.3 Å². The number of carbonyl (C=O) groups excluding carboxylic acids is 1. The third kappa shape index (κ3) is 4.60. The normalized spacial score (nSPS) is 10.3. The number of nitrogen functional groups attached to an aromatic ring is 1. The second-order valence-corrected chi connectivity index (χ2v) is 5.95. The molecule has 0 atom stereocenters. The molecule has 5 nitrogen and oxygen atoms in total. The van der Waals surface area contributed by atoms with Crippen LogP contribution in [0.5, 0.6) is 5.75 Å². The van der Waals surface area contributed by atoms with Crippen LogP contribution < -0.4 is 15.8 Å². The zero-order valence-corrected chi connectivity index (χ0v) is 14.6. The molecule has 0 aliphatic rings. The van der Waals surface area contributed by atoms with Gasteiger partial charge in [0, 0.05) is 17.8 Å². The van der Waals surface area contributed by atoms with Crippen LogP contribution in [0.4, 0.5) is 11.5 Å². The van der Waals surface area contributed by atoms with E-state index in [9.17, 15) is 4.79 Å². The van der Waals surface area contributed by atoms with E-state index in [0.29, 0.717) is 17.9 Å². The van der Waals surface area contributed by atoms with Gasteiger partial charge in [0.15, 0.2) is 0 Å². The number of ether oxygens (including phenoxy) is 1. The van der Waals surface area contributed by atoms with Gasteiger partial charge in [-0.15, -0.1) is 0 Å². The molecule has 0 saturated carbocycles. The monoisotopic (exact) mass is 347 g/mol. The Morgan fingerprint density at radius 2 is 1.77 bits per heavy atom. The minimum atomic E-state index is -0.284. The van der Waals surface area contributed by atoms with Gasteiger partial charge in [-0.2, -0.15) is 0 Å². The van der Waals surface area contributed by atoms with Crippen LogP contribution in [0.1, 0.15) is 21.6 Å². The molecule has 0 aliphatic heterocycles. The van der Waals surface area contributed by atoms with Crippen molar-refractivity contribution in [3.8, 4) is 5.75 Å². The largest absolute Gasteiger partial charge is 0.493 e. The fraction of sp³-hybridized carbons (Fsp3) is 0.143. The molecule has 1 amide bonds. The summed E-state index contributed by atoms with van der Waals surface area (Å²) in [6, 6.07) is 20.9. The summed E-state index contributed by atoms with van der Waals surface area (Å²) >= 11 is 0. The smallest absolute Gasteiger partial charge is 0.259 e. The number of hydrogen-bond acceptors (Lipinski definition) is 4. The molecular weight excluding hydrogens is 326 g/mol. The summed E-state index contributed by atoms with van der Waals surface area (Å²) in [5, 5.41) is 2.81. The third-order valence-electron chi connectivity index (χ3n) is 3.92. The fourth-order valence-electron chi connectivity index (χ4n) is 2.53. The van der Waals surface area contributed by atoms with Crippen molar-refractivity contribution >= 4 is 17.4 Å². The average molecular weight is 347 g/mol. The fourth-order valence-corrected chi connectivity index (χ4v) is 2.53. The number of nitrogens with one attached hydrogen (secondary N) is 1. The molecule has 132 valence electrons. The van der Waals surface area contributed by atoms with Crippen molar-refractivity contribution in [2.75, 3.05) is 17.7 Å². The number of aryl methyl sites for hydroxylation is 1. The van der Waals surface area contributed by atoms with Crippen LogP contribution in [0, 0.1) is 6.92 Å². The van der Waals surface area contributed by atoms with E-state index in [1.54, 1.807) is 24.3 Å². The Kier molecular flexibility index (Phi) is 5.49. The molecule has 0 fully saturated rings. The zero-order chi connectivity index (χ0) is 18.4. The molecule has 0 saturated heterocycles. The van der Waals surface area contributed by atoms with Gasteiger partial charge in [-0.3, -0.25) is 4.79 Å². The molecule has 3 N–H and O–H groups in total. The Hall–Kier alpha value is -3.34. The first-order chi connectivity index (χ1) is 12.6. The van der Waals surface area contributed by atoms with E-state index in [0.717, 1.165) is 17.9 Å². The van der Waals surface area contributed by atoms with Gasteiger partial charge < -0.3 is 15.8 Å². The van der Waals surface area contributed by atoms with Crippen molar-refractivity contribution in [2.24, 2.45) is 0 Å². The van der Waals surface area contributed by atoms with Crippen molar-refractivity contribution < 1.29 is 9.53 Å². The van der Waals surface area contributed by atoms with E-state index in [2.05, 4.69) is 22.4 Å². The molecule has 0 spiro atoms. The second kappa shape index (κ2) is 8.16. The van der Waals surface area contributed by atoms with Crippen LogP contribution in [0.25, 0.3) is 0 Å². The molecule has 2 aromatic carbocycles. The van der Waals surface area contributed by atoms with E-state index >= 15 is 0 Å². The highest BCUT2D eigenvalue weighted by molar-refractivity contribution is 6.07. The summed E-state index contributed by atoms with van der Waals surface area (Å²) in [5.41, 5.74) is 8.85. The van der Waals surface area contributed by atoms with E-state index in [4.69, 9.17) is 10.5 Å². The van der Waals surface area contributed by atoms with Gasteiger partial charge in [0.05, 0.1) is 12.2 Å². The number of anilines is 2. The summed E-state index contributed by atoms with van der Waals surface area (Å²) < 4.78 is 5.74. The maximum atomic E-state index is 12.3. The maximum absolute atomic E-state index is 12.3. The molecule has 3 rings (SSSR count). The van der Waals surface area contributed by atoms with Crippen LogP contribution in [-0.4, -0.2) is 17.5 Å². The molecular formula is C21H21N3O2. The zero-order valence-electron chi connectivity index (χ0n) is 14.6. The Balaban J connectivity index is 1.54.